The van der Waals surface area contributed by atoms with Gasteiger partial charge in [0.15, 0.2) is 16.6 Å². The van der Waals surface area contributed by atoms with Crippen LogP contribution in [0, 0.1) is 18.2 Å². The Morgan fingerprint density at radius 2 is 2.00 bits per heavy atom. The predicted octanol–water partition coefficient (Wildman–Crippen LogP) is 2.68. The van der Waals surface area contributed by atoms with Crippen molar-refractivity contribution in [2.75, 3.05) is 18.6 Å². The summed E-state index contributed by atoms with van der Waals surface area (Å²) in [6.07, 6.45) is 6.55. The predicted molar refractivity (Wildman–Crippen MR) is 110 cm³/mol. The van der Waals surface area contributed by atoms with Crippen molar-refractivity contribution in [1.82, 2.24) is 5.32 Å². The average molecular weight is 410 g/mol. The van der Waals surface area contributed by atoms with Gasteiger partial charge in [-0.25, -0.2) is 9.29 Å². The van der Waals surface area contributed by atoms with Crippen LogP contribution in [-0.4, -0.2) is 30.6 Å². The van der Waals surface area contributed by atoms with E-state index in [4.69, 9.17) is 28.1 Å². The van der Waals surface area contributed by atoms with Crippen LogP contribution in [0.4, 0.5) is 10.1 Å². The van der Waals surface area contributed by atoms with Gasteiger partial charge in [-0.05, 0) is 48.1 Å². The van der Waals surface area contributed by atoms with Gasteiger partial charge in [0.25, 0.3) is 11.8 Å². The molecule has 2 aromatic rings. The molecule has 1 N–H and O–H groups in total. The molecule has 0 saturated carbocycles. The molecule has 29 heavy (non-hydrogen) atoms. The number of para-hydroxylation sites is 1. The molecule has 0 unspecified atom stereocenters. The average Bonchev–Trinajstić information content (AvgIpc) is 2.71. The molecule has 0 spiro atoms. The lowest BCUT2D eigenvalue weighted by molar-refractivity contribution is -0.122. The molecule has 1 aliphatic heterocycles. The molecule has 1 heterocycles. The third kappa shape index (κ3) is 4.10. The monoisotopic (exact) mass is 410 g/mol. The van der Waals surface area contributed by atoms with Gasteiger partial charge in [0.05, 0.1) is 12.8 Å². The summed E-state index contributed by atoms with van der Waals surface area (Å²) in [6.45, 7) is 0.0622. The minimum atomic E-state index is -0.740. The van der Waals surface area contributed by atoms with Crippen LogP contribution in [-0.2, 0) is 9.59 Å². The molecular weight excluding hydrogens is 395 g/mol. The Labute approximate surface area is 171 Å². The number of rotatable bonds is 5. The highest BCUT2D eigenvalue weighted by Crippen LogP contribution is 2.30. The zero-order chi connectivity index (χ0) is 21.0. The molecule has 0 bridgehead atoms. The molecule has 6 nitrogen and oxygen atoms in total. The number of nitrogens with zero attached hydrogens (tertiary/aromatic N) is 1. The Balaban J connectivity index is 1.99. The van der Waals surface area contributed by atoms with Crippen molar-refractivity contribution in [3.8, 4) is 23.8 Å². The quantitative estimate of drug-likeness (QED) is 0.355. The Morgan fingerprint density at radius 3 is 2.69 bits per heavy atom. The maximum absolute atomic E-state index is 14.2. The summed E-state index contributed by atoms with van der Waals surface area (Å²) in [7, 11) is 1.45. The molecular formula is C21H15FN2O4S. The lowest BCUT2D eigenvalue weighted by Gasteiger charge is -2.29. The number of halogens is 1. The molecule has 1 fully saturated rings. The van der Waals surface area contributed by atoms with Crippen molar-refractivity contribution in [2.24, 2.45) is 0 Å². The lowest BCUT2D eigenvalue weighted by Crippen LogP contribution is -2.54. The molecule has 146 valence electrons. The highest BCUT2D eigenvalue weighted by atomic mass is 32.1. The van der Waals surface area contributed by atoms with Crippen LogP contribution in [0.5, 0.6) is 11.5 Å². The van der Waals surface area contributed by atoms with Crippen molar-refractivity contribution in [2.45, 2.75) is 0 Å². The molecule has 2 amide bonds. The van der Waals surface area contributed by atoms with E-state index >= 15 is 0 Å². The highest BCUT2D eigenvalue weighted by Gasteiger charge is 2.35. The summed E-state index contributed by atoms with van der Waals surface area (Å²) in [5.41, 5.74) is 0.236. The van der Waals surface area contributed by atoms with Gasteiger partial charge in [-0.1, -0.05) is 24.1 Å². The van der Waals surface area contributed by atoms with E-state index in [1.165, 1.54) is 31.4 Å². The van der Waals surface area contributed by atoms with E-state index in [2.05, 4.69) is 11.2 Å². The number of carbonyl (C=O) groups excluding carboxylic acids is 2. The van der Waals surface area contributed by atoms with E-state index in [0.717, 1.165) is 4.90 Å². The first-order chi connectivity index (χ1) is 14.0. The van der Waals surface area contributed by atoms with Crippen LogP contribution in [0.3, 0.4) is 0 Å². The molecule has 1 saturated heterocycles. The van der Waals surface area contributed by atoms with Gasteiger partial charge in [0, 0.05) is 0 Å². The fraction of sp³-hybridized carbons (Fsp3) is 0.0952. The fourth-order valence-electron chi connectivity index (χ4n) is 2.69. The number of nitrogens with one attached hydrogen (secondary N) is 1. The number of carbonyl (C=O) groups is 2. The van der Waals surface area contributed by atoms with Crippen LogP contribution in [0.1, 0.15) is 5.56 Å². The maximum atomic E-state index is 14.2. The summed E-state index contributed by atoms with van der Waals surface area (Å²) >= 11 is 5.06. The third-order valence-corrected chi connectivity index (χ3v) is 4.29. The van der Waals surface area contributed by atoms with Crippen LogP contribution in [0.2, 0.25) is 0 Å². The van der Waals surface area contributed by atoms with Gasteiger partial charge in [0.1, 0.15) is 18.0 Å². The molecule has 1 aliphatic rings. The van der Waals surface area contributed by atoms with Crippen LogP contribution in [0.25, 0.3) is 6.08 Å². The zero-order valence-corrected chi connectivity index (χ0v) is 16.1. The molecule has 0 radical (unpaired) electrons. The van der Waals surface area contributed by atoms with Gasteiger partial charge in [-0.2, -0.15) is 0 Å². The first-order valence-electron chi connectivity index (χ1n) is 8.36. The van der Waals surface area contributed by atoms with Gasteiger partial charge < -0.3 is 9.47 Å². The number of methoxy groups -OCH3 is 1. The van der Waals surface area contributed by atoms with E-state index in [0.29, 0.717) is 17.1 Å². The number of ether oxygens (including phenoxy) is 2. The minimum Gasteiger partial charge on any atom is -0.493 e. The van der Waals surface area contributed by atoms with Crippen molar-refractivity contribution < 1.29 is 23.5 Å². The third-order valence-electron chi connectivity index (χ3n) is 4.00. The van der Waals surface area contributed by atoms with E-state index in [9.17, 15) is 14.0 Å². The first kappa shape index (κ1) is 20.0. The fourth-order valence-corrected chi connectivity index (χ4v) is 2.96. The zero-order valence-electron chi connectivity index (χ0n) is 15.3. The lowest BCUT2D eigenvalue weighted by atomic mass is 10.1. The number of terminal acetylenes is 1. The number of hydrogen-bond acceptors (Lipinski definition) is 5. The van der Waals surface area contributed by atoms with Crippen molar-refractivity contribution >= 4 is 40.9 Å². The van der Waals surface area contributed by atoms with Crippen molar-refractivity contribution in [1.29, 1.82) is 0 Å². The maximum Gasteiger partial charge on any atom is 0.270 e. The van der Waals surface area contributed by atoms with E-state index in [1.807, 2.05) is 0 Å². The van der Waals surface area contributed by atoms with Crippen LogP contribution in [0.15, 0.2) is 48.0 Å². The molecule has 3 rings (SSSR count). The summed E-state index contributed by atoms with van der Waals surface area (Å²) in [5.74, 6) is 1.08. The van der Waals surface area contributed by atoms with Crippen molar-refractivity contribution in [3.05, 3.63) is 59.4 Å². The Hall–Kier alpha value is -3.70. The topological polar surface area (TPSA) is 67.9 Å². The summed E-state index contributed by atoms with van der Waals surface area (Å²) < 4.78 is 24.8. The van der Waals surface area contributed by atoms with Crippen LogP contribution >= 0.6 is 12.2 Å². The van der Waals surface area contributed by atoms with Crippen LogP contribution < -0.4 is 19.7 Å². The first-order valence-corrected chi connectivity index (χ1v) is 8.77. The van der Waals surface area contributed by atoms with Gasteiger partial charge in [-0.15, -0.1) is 6.42 Å². The van der Waals surface area contributed by atoms with E-state index in [-0.39, 0.29) is 23.0 Å². The number of benzene rings is 2. The number of thiocarbonyl (C=S) groups is 1. The van der Waals surface area contributed by atoms with Crippen molar-refractivity contribution in [3.63, 3.8) is 0 Å². The summed E-state index contributed by atoms with van der Waals surface area (Å²) in [4.78, 5) is 26.2. The normalized spacial score (nSPS) is 15.1. The van der Waals surface area contributed by atoms with Gasteiger partial charge in [-0.3, -0.25) is 14.9 Å². The second-order valence-electron chi connectivity index (χ2n) is 5.81. The number of anilines is 1. The molecule has 8 heteroatoms. The second kappa shape index (κ2) is 8.54. The van der Waals surface area contributed by atoms with E-state index < -0.39 is 17.6 Å². The Kier molecular flexibility index (Phi) is 5.90. The number of amides is 2. The molecule has 0 atom stereocenters. The molecule has 2 aromatic carbocycles. The molecule has 0 aromatic heterocycles. The Bertz CT molecular complexity index is 1070. The SMILES string of the molecule is C#CCOc1ccc(C=C2C(=O)NC(=S)N(c3ccccc3F)C2=O)cc1OC. The minimum absolute atomic E-state index is 0.0518. The van der Waals surface area contributed by atoms with E-state index in [1.54, 1.807) is 24.3 Å². The van der Waals surface area contributed by atoms with Gasteiger partial charge in [0.2, 0.25) is 0 Å². The standard InChI is InChI=1S/C21H15FN2O4S/c1-3-10-28-17-9-8-13(12-18(17)27-2)11-14-19(25)23-21(29)24(20(14)26)16-7-5-4-6-15(16)22/h1,4-9,11-12H,10H2,2H3,(H,23,25,29). The number of hydrogen-bond donors (Lipinski definition) is 1. The van der Waals surface area contributed by atoms with Gasteiger partial charge >= 0.3 is 0 Å². The largest absolute Gasteiger partial charge is 0.493 e. The summed E-state index contributed by atoms with van der Waals surface area (Å²) in [5, 5.41) is 2.21. The second-order valence-corrected chi connectivity index (χ2v) is 6.20. The molecule has 0 aliphatic carbocycles. The Morgan fingerprint density at radius 1 is 1.24 bits per heavy atom. The summed E-state index contributed by atoms with van der Waals surface area (Å²) in [6, 6.07) is 10.5. The highest BCUT2D eigenvalue weighted by molar-refractivity contribution is 7.80. The smallest absolute Gasteiger partial charge is 0.270 e.